The molecular weight excluding hydrogens is 546 g/mol. The maximum atomic E-state index is 13.5. The number of rotatable bonds is 7. The summed E-state index contributed by atoms with van der Waals surface area (Å²) < 4.78 is 6.53. The molecule has 226 valence electrons. The number of nitrogens with zero attached hydrogens (tertiary/aromatic N) is 6. The Balaban J connectivity index is 1.30. The first kappa shape index (κ1) is 29.8. The summed E-state index contributed by atoms with van der Waals surface area (Å²) in [6.45, 7) is 2.81. The number of aryl methyl sites for hydroxylation is 1. The molecule has 2 aliphatic rings. The average molecular weight is 586 g/mol. The molecule has 1 unspecified atom stereocenters. The molecule has 2 aliphatic heterocycles. The lowest BCUT2D eigenvalue weighted by Crippen LogP contribution is -2.47. The number of amidine groups is 1. The summed E-state index contributed by atoms with van der Waals surface area (Å²) in [4.78, 5) is 44.8. The highest BCUT2D eigenvalue weighted by Gasteiger charge is 2.33. The predicted molar refractivity (Wildman–Crippen MR) is 164 cm³/mol. The van der Waals surface area contributed by atoms with Gasteiger partial charge in [0.2, 0.25) is 5.91 Å². The zero-order valence-electron chi connectivity index (χ0n) is 25.0. The summed E-state index contributed by atoms with van der Waals surface area (Å²) in [6, 6.07) is 15.8. The Bertz CT molecular complexity index is 1460. The Kier molecular flexibility index (Phi) is 9.08. The first-order valence-corrected chi connectivity index (χ1v) is 14.6. The van der Waals surface area contributed by atoms with Crippen molar-refractivity contribution >= 4 is 23.9 Å². The Labute approximate surface area is 252 Å². The number of methoxy groups -OCH3 is 1. The van der Waals surface area contributed by atoms with E-state index in [1.165, 1.54) is 24.0 Å². The van der Waals surface area contributed by atoms with E-state index >= 15 is 0 Å². The number of aromatic nitrogens is 2. The van der Waals surface area contributed by atoms with Gasteiger partial charge in [0.05, 0.1) is 13.3 Å². The van der Waals surface area contributed by atoms with E-state index in [0.717, 1.165) is 54.6 Å². The topological polar surface area (TPSA) is 115 Å². The summed E-state index contributed by atoms with van der Waals surface area (Å²) in [5, 5.41) is 13.3. The molecule has 1 atom stereocenters. The summed E-state index contributed by atoms with van der Waals surface area (Å²) in [5.41, 5.74) is 4.74. The SMILES string of the molecule is COC(=O)N(C)CC(=O)N(CC1CCN(C(=O)N2CCCC2)C1)C(=N)c1ccc(-c2ccc(-c3cnn(C)c3)cc2)cc1. The van der Waals surface area contributed by atoms with Crippen LogP contribution in [-0.2, 0) is 16.6 Å². The van der Waals surface area contributed by atoms with Gasteiger partial charge in [-0.05, 0) is 41.9 Å². The van der Waals surface area contributed by atoms with Crippen LogP contribution in [0.2, 0.25) is 0 Å². The van der Waals surface area contributed by atoms with Gasteiger partial charge in [0.25, 0.3) is 0 Å². The fraction of sp³-hybridized carbons (Fsp3) is 0.406. The van der Waals surface area contributed by atoms with Crippen molar-refractivity contribution < 1.29 is 19.1 Å². The van der Waals surface area contributed by atoms with Crippen LogP contribution in [0, 0.1) is 11.3 Å². The van der Waals surface area contributed by atoms with E-state index in [4.69, 9.17) is 10.1 Å². The molecule has 0 radical (unpaired) electrons. The molecule has 2 fully saturated rings. The lowest BCUT2D eigenvalue weighted by molar-refractivity contribution is -0.128. The second-order valence-electron chi connectivity index (χ2n) is 11.3. The van der Waals surface area contributed by atoms with Crippen LogP contribution in [-0.4, -0.2) is 107 Å². The van der Waals surface area contributed by atoms with Gasteiger partial charge in [0.1, 0.15) is 12.4 Å². The third-order valence-corrected chi connectivity index (χ3v) is 8.22. The predicted octanol–water partition coefficient (Wildman–Crippen LogP) is 4.14. The van der Waals surface area contributed by atoms with Gasteiger partial charge < -0.3 is 19.4 Å². The molecule has 3 aromatic rings. The quantitative estimate of drug-likeness (QED) is 0.331. The van der Waals surface area contributed by atoms with Gasteiger partial charge in [-0.1, -0.05) is 48.5 Å². The first-order chi connectivity index (χ1) is 20.7. The molecule has 0 bridgehead atoms. The summed E-state index contributed by atoms with van der Waals surface area (Å²) >= 11 is 0. The van der Waals surface area contributed by atoms with Crippen LogP contribution < -0.4 is 0 Å². The Morgan fingerprint density at radius 2 is 1.53 bits per heavy atom. The van der Waals surface area contributed by atoms with Crippen molar-refractivity contribution in [3.63, 3.8) is 0 Å². The van der Waals surface area contributed by atoms with Crippen molar-refractivity contribution in [2.45, 2.75) is 19.3 Å². The van der Waals surface area contributed by atoms with Crippen molar-refractivity contribution in [1.82, 2.24) is 29.4 Å². The van der Waals surface area contributed by atoms with Crippen molar-refractivity contribution in [3.05, 3.63) is 66.5 Å². The number of likely N-dealkylation sites (N-methyl/N-ethyl adjacent to an activating group) is 1. The number of amides is 4. The van der Waals surface area contributed by atoms with E-state index in [1.54, 1.807) is 4.68 Å². The molecule has 0 aliphatic carbocycles. The summed E-state index contributed by atoms with van der Waals surface area (Å²) in [5.74, 6) is -0.291. The highest BCUT2D eigenvalue weighted by atomic mass is 16.5. The maximum Gasteiger partial charge on any atom is 0.409 e. The monoisotopic (exact) mass is 585 g/mol. The molecule has 1 N–H and O–H groups in total. The van der Waals surface area contributed by atoms with Crippen LogP contribution in [0.3, 0.4) is 0 Å². The van der Waals surface area contributed by atoms with Gasteiger partial charge in [-0.25, -0.2) is 9.59 Å². The Morgan fingerprint density at radius 1 is 0.930 bits per heavy atom. The largest absolute Gasteiger partial charge is 0.453 e. The van der Waals surface area contributed by atoms with Crippen LogP contribution in [0.25, 0.3) is 22.3 Å². The lowest BCUT2D eigenvalue weighted by Gasteiger charge is -2.29. The summed E-state index contributed by atoms with van der Waals surface area (Å²) in [6.07, 6.45) is 6.00. The van der Waals surface area contributed by atoms with E-state index < -0.39 is 6.09 Å². The molecule has 43 heavy (non-hydrogen) atoms. The fourth-order valence-corrected chi connectivity index (χ4v) is 5.75. The van der Waals surface area contributed by atoms with Gasteiger partial charge in [-0.2, -0.15) is 5.10 Å². The van der Waals surface area contributed by atoms with E-state index in [1.807, 2.05) is 53.5 Å². The molecule has 0 saturated carbocycles. The maximum absolute atomic E-state index is 13.5. The molecule has 2 aromatic carbocycles. The van der Waals surface area contributed by atoms with Crippen molar-refractivity contribution in [1.29, 1.82) is 5.41 Å². The third kappa shape index (κ3) is 6.87. The highest BCUT2D eigenvalue weighted by Crippen LogP contribution is 2.26. The molecule has 11 heteroatoms. The number of urea groups is 1. The number of benzene rings is 2. The third-order valence-electron chi connectivity index (χ3n) is 8.22. The molecular formula is C32H39N7O4. The van der Waals surface area contributed by atoms with Crippen LogP contribution in [0.15, 0.2) is 60.9 Å². The van der Waals surface area contributed by atoms with Gasteiger partial charge >= 0.3 is 12.1 Å². The number of carbonyl (C=O) groups is 3. The molecule has 0 spiro atoms. The standard InChI is InChI=1S/C32H39N7O4/c1-35(32(42)43-3)22-29(40)39(20-23-14-17-38(19-23)31(41)37-15-4-5-16-37)30(33)27-12-10-25(11-13-27)24-6-8-26(9-7-24)28-18-34-36(2)21-28/h6-13,18,21,23,33H,4-5,14-17,19-20,22H2,1-3H3. The molecule has 3 heterocycles. The van der Waals surface area contributed by atoms with Crippen molar-refractivity contribution in [2.24, 2.45) is 13.0 Å². The second kappa shape index (κ2) is 13.1. The number of hydrogen-bond acceptors (Lipinski definition) is 6. The van der Waals surface area contributed by atoms with E-state index in [0.29, 0.717) is 18.7 Å². The Hall–Kier alpha value is -4.67. The minimum atomic E-state index is -0.623. The minimum Gasteiger partial charge on any atom is -0.453 e. The van der Waals surface area contributed by atoms with E-state index in [9.17, 15) is 14.4 Å². The highest BCUT2D eigenvalue weighted by molar-refractivity contribution is 6.07. The summed E-state index contributed by atoms with van der Waals surface area (Å²) in [7, 11) is 4.65. The molecule has 2 saturated heterocycles. The molecule has 4 amide bonds. The van der Waals surface area contributed by atoms with Gasteiger partial charge in [0.15, 0.2) is 0 Å². The lowest BCUT2D eigenvalue weighted by atomic mass is 10.0. The number of nitrogens with one attached hydrogen (secondary N) is 1. The van der Waals surface area contributed by atoms with Crippen LogP contribution in [0.5, 0.6) is 0 Å². The molecule has 5 rings (SSSR count). The number of carbonyl (C=O) groups excluding carboxylic acids is 3. The first-order valence-electron chi connectivity index (χ1n) is 14.6. The fourth-order valence-electron chi connectivity index (χ4n) is 5.75. The second-order valence-corrected chi connectivity index (χ2v) is 11.3. The van der Waals surface area contributed by atoms with Gasteiger partial charge in [0, 0.05) is 64.1 Å². The van der Waals surface area contributed by atoms with Crippen LogP contribution in [0.4, 0.5) is 9.59 Å². The van der Waals surface area contributed by atoms with Crippen LogP contribution in [0.1, 0.15) is 24.8 Å². The molecule has 1 aromatic heterocycles. The smallest absolute Gasteiger partial charge is 0.409 e. The average Bonchev–Trinajstić information content (AvgIpc) is 3.82. The number of ether oxygens (including phenoxy) is 1. The number of hydrogen-bond donors (Lipinski definition) is 1. The van der Waals surface area contributed by atoms with Gasteiger partial charge in [-0.15, -0.1) is 0 Å². The van der Waals surface area contributed by atoms with Gasteiger partial charge in [-0.3, -0.25) is 19.8 Å². The van der Waals surface area contributed by atoms with E-state index in [2.05, 4.69) is 29.4 Å². The van der Waals surface area contributed by atoms with Crippen molar-refractivity contribution in [2.75, 3.05) is 53.4 Å². The zero-order chi connectivity index (χ0) is 30.5. The normalized spacial score (nSPS) is 16.3. The zero-order valence-corrected chi connectivity index (χ0v) is 25.0. The minimum absolute atomic E-state index is 0.0249. The van der Waals surface area contributed by atoms with Crippen molar-refractivity contribution in [3.8, 4) is 22.3 Å². The molecule has 11 nitrogen and oxygen atoms in total. The number of likely N-dealkylation sites (tertiary alicyclic amines) is 2. The Morgan fingerprint density at radius 3 is 2.12 bits per heavy atom. The van der Waals surface area contributed by atoms with Crippen LogP contribution >= 0.6 is 0 Å². The van der Waals surface area contributed by atoms with E-state index in [-0.39, 0.29) is 36.8 Å².